The molecule has 3 N–H and O–H groups in total. The SMILES string of the molecule is NC(=O)[C@@H]1CCCN1C(=O)NC[C@@H](c1ccco1)N1CCCC1. The normalized spacial score (nSPS) is 23.1. The van der Waals surface area contributed by atoms with Crippen molar-refractivity contribution in [2.75, 3.05) is 26.2 Å². The second kappa shape index (κ2) is 7.04. The average Bonchev–Trinajstić information content (AvgIpc) is 3.29. The van der Waals surface area contributed by atoms with Gasteiger partial charge in [-0.1, -0.05) is 0 Å². The van der Waals surface area contributed by atoms with Crippen molar-refractivity contribution in [2.45, 2.75) is 37.8 Å². The van der Waals surface area contributed by atoms with Crippen LogP contribution in [0, 0.1) is 0 Å². The van der Waals surface area contributed by atoms with Crippen LogP contribution >= 0.6 is 0 Å². The van der Waals surface area contributed by atoms with Crippen molar-refractivity contribution in [2.24, 2.45) is 5.73 Å². The van der Waals surface area contributed by atoms with Crippen LogP contribution < -0.4 is 11.1 Å². The van der Waals surface area contributed by atoms with Gasteiger partial charge in [0.25, 0.3) is 0 Å². The van der Waals surface area contributed by atoms with Gasteiger partial charge in [-0.25, -0.2) is 4.79 Å². The van der Waals surface area contributed by atoms with Crippen molar-refractivity contribution in [3.8, 4) is 0 Å². The first-order valence-corrected chi connectivity index (χ1v) is 8.28. The van der Waals surface area contributed by atoms with E-state index in [1.807, 2.05) is 12.1 Å². The topological polar surface area (TPSA) is 91.8 Å². The summed E-state index contributed by atoms with van der Waals surface area (Å²) in [6.07, 6.45) is 5.46. The van der Waals surface area contributed by atoms with E-state index in [0.717, 1.165) is 25.3 Å². The average molecular weight is 320 g/mol. The smallest absolute Gasteiger partial charge is 0.318 e. The van der Waals surface area contributed by atoms with E-state index >= 15 is 0 Å². The van der Waals surface area contributed by atoms with Gasteiger partial charge in [0.1, 0.15) is 11.8 Å². The minimum atomic E-state index is -0.483. The van der Waals surface area contributed by atoms with Crippen LogP contribution in [0.5, 0.6) is 0 Å². The van der Waals surface area contributed by atoms with Gasteiger partial charge >= 0.3 is 6.03 Å². The summed E-state index contributed by atoms with van der Waals surface area (Å²) in [6.45, 7) is 3.06. The van der Waals surface area contributed by atoms with Crippen molar-refractivity contribution in [1.29, 1.82) is 0 Å². The van der Waals surface area contributed by atoms with E-state index in [1.54, 1.807) is 11.2 Å². The fraction of sp³-hybridized carbons (Fsp3) is 0.625. The monoisotopic (exact) mass is 320 g/mol. The van der Waals surface area contributed by atoms with E-state index in [2.05, 4.69) is 10.2 Å². The number of urea groups is 1. The van der Waals surface area contributed by atoms with Gasteiger partial charge in [0.05, 0.1) is 12.3 Å². The maximum Gasteiger partial charge on any atom is 0.318 e. The molecule has 2 aliphatic heterocycles. The molecule has 0 aliphatic carbocycles. The first kappa shape index (κ1) is 15.9. The molecule has 2 atom stereocenters. The van der Waals surface area contributed by atoms with Crippen molar-refractivity contribution >= 4 is 11.9 Å². The third-order valence-electron chi connectivity index (χ3n) is 4.74. The maximum absolute atomic E-state index is 12.4. The Labute approximate surface area is 135 Å². The Kier molecular flexibility index (Phi) is 4.85. The van der Waals surface area contributed by atoms with Crippen LogP contribution in [0.15, 0.2) is 22.8 Å². The predicted molar refractivity (Wildman–Crippen MR) is 84.6 cm³/mol. The summed E-state index contributed by atoms with van der Waals surface area (Å²) in [5.41, 5.74) is 5.37. The molecule has 2 saturated heterocycles. The van der Waals surface area contributed by atoms with Crippen LogP contribution in [0.2, 0.25) is 0 Å². The molecule has 3 rings (SSSR count). The standard InChI is InChI=1S/C16H24N4O3/c17-15(21)12-5-3-9-20(12)16(22)18-11-13(14-6-4-10-23-14)19-7-1-2-8-19/h4,6,10,12-13H,1-3,5,7-9,11H2,(H2,17,21)(H,18,22)/t12-,13-/m0/s1. The summed E-state index contributed by atoms with van der Waals surface area (Å²) in [4.78, 5) is 27.7. The zero-order chi connectivity index (χ0) is 16.2. The highest BCUT2D eigenvalue weighted by Gasteiger charge is 2.33. The minimum Gasteiger partial charge on any atom is -0.468 e. The lowest BCUT2D eigenvalue weighted by Crippen LogP contribution is -2.49. The van der Waals surface area contributed by atoms with Gasteiger partial charge in [-0.15, -0.1) is 0 Å². The highest BCUT2D eigenvalue weighted by molar-refractivity contribution is 5.86. The van der Waals surface area contributed by atoms with Gasteiger partial charge in [0.15, 0.2) is 0 Å². The first-order valence-electron chi connectivity index (χ1n) is 8.28. The van der Waals surface area contributed by atoms with E-state index in [-0.39, 0.29) is 12.1 Å². The van der Waals surface area contributed by atoms with Crippen molar-refractivity contribution < 1.29 is 14.0 Å². The molecule has 2 fully saturated rings. The Morgan fingerprint density at radius 2 is 2.09 bits per heavy atom. The Bertz CT molecular complexity index is 540. The second-order valence-corrected chi connectivity index (χ2v) is 6.21. The molecule has 0 bridgehead atoms. The number of likely N-dealkylation sites (tertiary alicyclic amines) is 2. The molecule has 126 valence electrons. The molecule has 2 aliphatic rings. The van der Waals surface area contributed by atoms with Gasteiger partial charge in [0, 0.05) is 13.1 Å². The van der Waals surface area contributed by atoms with Crippen molar-refractivity contribution in [1.82, 2.24) is 15.1 Å². The number of carbonyl (C=O) groups excluding carboxylic acids is 2. The minimum absolute atomic E-state index is 0.0334. The highest BCUT2D eigenvalue weighted by atomic mass is 16.3. The van der Waals surface area contributed by atoms with Crippen molar-refractivity contribution in [3.63, 3.8) is 0 Å². The second-order valence-electron chi connectivity index (χ2n) is 6.21. The summed E-state index contributed by atoms with van der Waals surface area (Å²) < 4.78 is 5.54. The molecule has 1 aromatic rings. The van der Waals surface area contributed by atoms with Crippen LogP contribution in [0.4, 0.5) is 4.79 Å². The number of nitrogens with zero attached hydrogens (tertiary/aromatic N) is 2. The van der Waals surface area contributed by atoms with Crippen LogP contribution in [0.1, 0.15) is 37.5 Å². The van der Waals surface area contributed by atoms with Gasteiger partial charge in [-0.05, 0) is 50.9 Å². The summed E-state index contributed by atoms with van der Waals surface area (Å²) in [5, 5.41) is 2.95. The number of primary amides is 1. The molecular weight excluding hydrogens is 296 g/mol. The molecule has 1 aromatic heterocycles. The van der Waals surface area contributed by atoms with Crippen LogP contribution in [-0.2, 0) is 4.79 Å². The third-order valence-corrected chi connectivity index (χ3v) is 4.74. The Hall–Kier alpha value is -2.02. The molecule has 0 spiro atoms. The van der Waals surface area contributed by atoms with E-state index in [1.165, 1.54) is 12.8 Å². The van der Waals surface area contributed by atoms with Crippen LogP contribution in [0.3, 0.4) is 0 Å². The third kappa shape index (κ3) is 3.50. The molecule has 0 unspecified atom stereocenters. The number of nitrogens with one attached hydrogen (secondary N) is 1. The number of nitrogens with two attached hydrogens (primary N) is 1. The number of amides is 3. The van der Waals surface area contributed by atoms with Crippen LogP contribution in [-0.4, -0.2) is 54.0 Å². The molecule has 23 heavy (non-hydrogen) atoms. The Morgan fingerprint density at radius 3 is 2.74 bits per heavy atom. The lowest BCUT2D eigenvalue weighted by atomic mass is 10.2. The molecule has 3 amide bonds. The quantitative estimate of drug-likeness (QED) is 0.849. The Morgan fingerprint density at radius 1 is 1.30 bits per heavy atom. The number of hydrogen-bond donors (Lipinski definition) is 2. The molecule has 0 aromatic carbocycles. The summed E-state index contributed by atoms with van der Waals surface area (Å²) in [5.74, 6) is 0.430. The lowest BCUT2D eigenvalue weighted by molar-refractivity contribution is -0.121. The molecular formula is C16H24N4O3. The first-order chi connectivity index (χ1) is 11.2. The number of furan rings is 1. The molecule has 0 saturated carbocycles. The lowest BCUT2D eigenvalue weighted by Gasteiger charge is -2.28. The molecule has 3 heterocycles. The maximum atomic E-state index is 12.4. The fourth-order valence-corrected chi connectivity index (χ4v) is 3.53. The zero-order valence-electron chi connectivity index (χ0n) is 13.2. The summed E-state index contributed by atoms with van der Waals surface area (Å²) in [6, 6.07) is 3.14. The number of carbonyl (C=O) groups is 2. The van der Waals surface area contributed by atoms with Gasteiger partial charge in [-0.3, -0.25) is 9.69 Å². The summed E-state index contributed by atoms with van der Waals surface area (Å²) in [7, 11) is 0. The highest BCUT2D eigenvalue weighted by Crippen LogP contribution is 2.25. The molecule has 7 nitrogen and oxygen atoms in total. The van der Waals surface area contributed by atoms with Gasteiger partial charge in [-0.2, -0.15) is 0 Å². The molecule has 7 heteroatoms. The van der Waals surface area contributed by atoms with Crippen molar-refractivity contribution in [3.05, 3.63) is 24.2 Å². The van der Waals surface area contributed by atoms with Crippen LogP contribution in [0.25, 0.3) is 0 Å². The van der Waals surface area contributed by atoms with E-state index in [9.17, 15) is 9.59 Å². The Balaban J connectivity index is 1.62. The van der Waals surface area contributed by atoms with E-state index in [0.29, 0.717) is 19.5 Å². The van der Waals surface area contributed by atoms with Gasteiger partial charge < -0.3 is 20.4 Å². The largest absolute Gasteiger partial charge is 0.468 e. The molecule has 0 radical (unpaired) electrons. The zero-order valence-corrected chi connectivity index (χ0v) is 13.2. The predicted octanol–water partition coefficient (Wildman–Crippen LogP) is 1.08. The number of hydrogen-bond acceptors (Lipinski definition) is 4. The number of rotatable bonds is 5. The van der Waals surface area contributed by atoms with E-state index in [4.69, 9.17) is 10.2 Å². The van der Waals surface area contributed by atoms with Gasteiger partial charge in [0.2, 0.25) is 5.91 Å². The summed E-state index contributed by atoms with van der Waals surface area (Å²) >= 11 is 0. The van der Waals surface area contributed by atoms with E-state index < -0.39 is 11.9 Å². The fourth-order valence-electron chi connectivity index (χ4n) is 3.53.